The van der Waals surface area contributed by atoms with Crippen LogP contribution in [0, 0.1) is 0 Å². The summed E-state index contributed by atoms with van der Waals surface area (Å²) in [6.07, 6.45) is -1.93. The molecule has 174 valence electrons. The largest absolute Gasteiger partial charge is 0.416 e. The molecule has 3 rings (SSSR count). The van der Waals surface area contributed by atoms with E-state index in [0.29, 0.717) is 12.1 Å². The van der Waals surface area contributed by atoms with E-state index in [9.17, 15) is 31.2 Å². The molecule has 0 aliphatic carbocycles. The summed E-state index contributed by atoms with van der Waals surface area (Å²) in [5.74, 6) is -1.57. The third kappa shape index (κ3) is 5.31. The van der Waals surface area contributed by atoms with Gasteiger partial charge in [0.2, 0.25) is 0 Å². The van der Waals surface area contributed by atoms with Gasteiger partial charge < -0.3 is 11.1 Å². The van der Waals surface area contributed by atoms with Crippen molar-refractivity contribution < 1.29 is 31.2 Å². The molecule has 0 radical (unpaired) electrons. The van der Waals surface area contributed by atoms with E-state index in [4.69, 9.17) is 5.73 Å². The minimum atomic E-state index is -4.87. The van der Waals surface area contributed by atoms with Crippen molar-refractivity contribution in [3.05, 3.63) is 59.6 Å². The van der Waals surface area contributed by atoms with E-state index < -0.39 is 49.9 Å². The van der Waals surface area contributed by atoms with Gasteiger partial charge in [-0.2, -0.15) is 23.0 Å². The molecule has 0 aliphatic heterocycles. The highest BCUT2D eigenvalue weighted by Crippen LogP contribution is 2.32. The molecule has 1 aromatic carbocycles. The zero-order chi connectivity index (χ0) is 24.6. The van der Waals surface area contributed by atoms with Gasteiger partial charge in [-0.05, 0) is 25.1 Å². The number of aromatic nitrogens is 5. The zero-order valence-electron chi connectivity index (χ0n) is 17.0. The van der Waals surface area contributed by atoms with E-state index in [2.05, 4.69) is 25.4 Å². The summed E-state index contributed by atoms with van der Waals surface area (Å²) in [6, 6.07) is 2.17. The molecule has 2 amide bonds. The van der Waals surface area contributed by atoms with Crippen LogP contribution in [0.5, 0.6) is 0 Å². The predicted octanol–water partition coefficient (Wildman–Crippen LogP) is 1.07. The lowest BCUT2D eigenvalue weighted by atomic mass is 10.1. The number of rotatable bonds is 6. The first kappa shape index (κ1) is 23.8. The van der Waals surface area contributed by atoms with Gasteiger partial charge in [-0.3, -0.25) is 9.59 Å². The van der Waals surface area contributed by atoms with Gasteiger partial charge in [-0.25, -0.2) is 23.4 Å². The van der Waals surface area contributed by atoms with Gasteiger partial charge in [0.1, 0.15) is 18.3 Å². The van der Waals surface area contributed by atoms with E-state index in [0.717, 1.165) is 25.0 Å². The van der Waals surface area contributed by atoms with Crippen molar-refractivity contribution in [1.82, 2.24) is 30.0 Å². The number of hydrogen-bond acceptors (Lipinski definition) is 8. The van der Waals surface area contributed by atoms with E-state index in [1.807, 2.05) is 0 Å². The van der Waals surface area contributed by atoms with Crippen LogP contribution >= 0.6 is 0 Å². The topological polar surface area (TPSA) is 163 Å². The third-order valence-electron chi connectivity index (χ3n) is 4.36. The molecule has 2 heterocycles. The summed E-state index contributed by atoms with van der Waals surface area (Å²) in [6.45, 7) is 1.47. The SMILES string of the molecule is C[C@H](NC(=O)c1cc(C(F)(F)F)cc(S(C)(=O)=O)c1)c1ncnn1-c1cc(C(N)=O)ncn1. The molecule has 0 unspecified atom stereocenters. The van der Waals surface area contributed by atoms with Crippen molar-refractivity contribution >= 4 is 21.7 Å². The normalized spacial score (nSPS) is 12.9. The van der Waals surface area contributed by atoms with Crippen molar-refractivity contribution in [3.8, 4) is 5.82 Å². The number of sulfone groups is 1. The maximum atomic E-state index is 13.2. The number of nitrogens with one attached hydrogen (secondary N) is 1. The van der Waals surface area contributed by atoms with Crippen LogP contribution in [-0.4, -0.2) is 51.2 Å². The first-order valence-electron chi connectivity index (χ1n) is 9.02. The number of carbonyl (C=O) groups excluding carboxylic acids is 2. The highest BCUT2D eigenvalue weighted by molar-refractivity contribution is 7.90. The van der Waals surface area contributed by atoms with Crippen LogP contribution in [0.3, 0.4) is 0 Å². The van der Waals surface area contributed by atoms with E-state index in [1.165, 1.54) is 17.7 Å². The minimum absolute atomic E-state index is 0.101. The van der Waals surface area contributed by atoms with E-state index in [1.54, 1.807) is 0 Å². The smallest absolute Gasteiger partial charge is 0.364 e. The van der Waals surface area contributed by atoms with Gasteiger partial charge in [0.25, 0.3) is 11.8 Å². The summed E-state index contributed by atoms with van der Waals surface area (Å²) in [4.78, 5) is 35.1. The van der Waals surface area contributed by atoms with Gasteiger partial charge in [-0.1, -0.05) is 0 Å². The zero-order valence-corrected chi connectivity index (χ0v) is 17.8. The number of benzene rings is 1. The number of primary amides is 1. The molecule has 3 aromatic rings. The second-order valence-electron chi connectivity index (χ2n) is 6.87. The third-order valence-corrected chi connectivity index (χ3v) is 5.45. The first-order chi connectivity index (χ1) is 15.3. The Morgan fingerprint density at radius 2 is 1.79 bits per heavy atom. The minimum Gasteiger partial charge on any atom is -0.364 e. The molecule has 0 saturated carbocycles. The molecule has 1 atom stereocenters. The van der Waals surface area contributed by atoms with Crippen LogP contribution < -0.4 is 11.1 Å². The average molecular weight is 483 g/mol. The Hall–Kier alpha value is -3.88. The maximum Gasteiger partial charge on any atom is 0.416 e. The van der Waals surface area contributed by atoms with Gasteiger partial charge >= 0.3 is 6.18 Å². The Labute approximate surface area is 184 Å². The van der Waals surface area contributed by atoms with Crippen LogP contribution in [0.4, 0.5) is 13.2 Å². The average Bonchev–Trinajstić information content (AvgIpc) is 3.22. The molecule has 0 aliphatic rings. The Bertz CT molecular complexity index is 1340. The number of hydrogen-bond donors (Lipinski definition) is 2. The molecule has 11 nitrogen and oxygen atoms in total. The molecule has 2 aromatic heterocycles. The van der Waals surface area contributed by atoms with Crippen molar-refractivity contribution in [2.24, 2.45) is 5.73 Å². The summed E-state index contributed by atoms with van der Waals surface area (Å²) in [5.41, 5.74) is 3.30. The van der Waals surface area contributed by atoms with Crippen molar-refractivity contribution in [3.63, 3.8) is 0 Å². The first-order valence-corrected chi connectivity index (χ1v) is 10.9. The second kappa shape index (κ2) is 8.57. The van der Waals surface area contributed by atoms with Crippen LogP contribution in [0.1, 0.15) is 45.2 Å². The summed E-state index contributed by atoms with van der Waals surface area (Å²) in [7, 11) is -4.03. The van der Waals surface area contributed by atoms with Crippen molar-refractivity contribution in [2.45, 2.75) is 24.0 Å². The van der Waals surface area contributed by atoms with Crippen LogP contribution in [0.2, 0.25) is 0 Å². The lowest BCUT2D eigenvalue weighted by molar-refractivity contribution is -0.137. The molecular formula is C18H16F3N7O4S. The number of nitrogens with zero attached hydrogens (tertiary/aromatic N) is 5. The Kier molecular flexibility index (Phi) is 6.18. The molecule has 0 saturated heterocycles. The van der Waals surface area contributed by atoms with Gasteiger partial charge in [0.15, 0.2) is 21.5 Å². The summed E-state index contributed by atoms with van der Waals surface area (Å²) < 4.78 is 64.5. The summed E-state index contributed by atoms with van der Waals surface area (Å²) in [5, 5.41) is 6.41. The van der Waals surface area contributed by atoms with E-state index in [-0.39, 0.29) is 17.3 Å². The molecule has 15 heteroatoms. The highest BCUT2D eigenvalue weighted by Gasteiger charge is 2.33. The van der Waals surface area contributed by atoms with Gasteiger partial charge in [0.05, 0.1) is 16.5 Å². The lowest BCUT2D eigenvalue weighted by Gasteiger charge is -2.16. The van der Waals surface area contributed by atoms with Gasteiger partial charge in [-0.15, -0.1) is 0 Å². The van der Waals surface area contributed by atoms with Crippen LogP contribution in [0.25, 0.3) is 5.82 Å². The predicted molar refractivity (Wildman–Crippen MR) is 106 cm³/mol. The fraction of sp³-hybridized carbons (Fsp3) is 0.222. The molecule has 0 bridgehead atoms. The molecule has 3 N–H and O–H groups in total. The van der Waals surface area contributed by atoms with Crippen molar-refractivity contribution in [1.29, 1.82) is 0 Å². The Morgan fingerprint density at radius 3 is 2.39 bits per heavy atom. The Balaban J connectivity index is 1.94. The number of halogens is 3. The number of nitrogens with two attached hydrogens (primary N) is 1. The molecule has 0 spiro atoms. The second-order valence-corrected chi connectivity index (χ2v) is 8.88. The highest BCUT2D eigenvalue weighted by atomic mass is 32.2. The van der Waals surface area contributed by atoms with Crippen LogP contribution in [0.15, 0.2) is 41.8 Å². The number of amides is 2. The van der Waals surface area contributed by atoms with Crippen LogP contribution in [-0.2, 0) is 16.0 Å². The Morgan fingerprint density at radius 1 is 1.09 bits per heavy atom. The van der Waals surface area contributed by atoms with E-state index >= 15 is 0 Å². The summed E-state index contributed by atoms with van der Waals surface area (Å²) >= 11 is 0. The van der Waals surface area contributed by atoms with Gasteiger partial charge in [0, 0.05) is 17.9 Å². The fourth-order valence-electron chi connectivity index (χ4n) is 2.77. The lowest BCUT2D eigenvalue weighted by Crippen LogP contribution is -2.29. The molecular weight excluding hydrogens is 467 g/mol. The number of carbonyl (C=O) groups is 2. The monoisotopic (exact) mass is 483 g/mol. The quantitative estimate of drug-likeness (QED) is 0.526. The fourth-order valence-corrected chi connectivity index (χ4v) is 3.45. The maximum absolute atomic E-state index is 13.2. The molecule has 33 heavy (non-hydrogen) atoms. The number of alkyl halides is 3. The molecule has 0 fully saturated rings. The standard InChI is InChI=1S/C18H16F3N7O4S/c1-9(16-25-8-26-28(16)14-6-13(15(22)29)23-7-24-14)27-17(30)10-3-11(18(19,20)21)5-12(4-10)33(2,31)32/h3-9H,1-2H3,(H2,22,29)(H,27,30)/t9-/m0/s1. The van der Waals surface area contributed by atoms with Crippen molar-refractivity contribution in [2.75, 3.05) is 6.26 Å².